The lowest BCUT2D eigenvalue weighted by Crippen LogP contribution is -2.31. The first-order chi connectivity index (χ1) is 15.9. The molecule has 1 amide bonds. The van der Waals surface area contributed by atoms with Crippen molar-refractivity contribution in [2.45, 2.75) is 13.0 Å². The van der Waals surface area contributed by atoms with Crippen molar-refractivity contribution in [3.63, 3.8) is 0 Å². The maximum Gasteiger partial charge on any atom is 0.294 e. The molecule has 5 rings (SSSR count). The molecule has 0 saturated carbocycles. The molecule has 0 saturated heterocycles. The van der Waals surface area contributed by atoms with Crippen molar-refractivity contribution in [1.82, 2.24) is 4.98 Å². The number of pyridine rings is 1. The Morgan fingerprint density at radius 1 is 1.18 bits per heavy atom. The number of Topliss-reactive ketones (excluding diaryl/α,β-unsaturated/α-hetero) is 1. The van der Waals surface area contributed by atoms with Gasteiger partial charge in [0.1, 0.15) is 5.58 Å². The van der Waals surface area contributed by atoms with Crippen LogP contribution >= 0.6 is 27.5 Å². The molecular weight excluding hydrogens is 508 g/mol. The second-order valence-corrected chi connectivity index (χ2v) is 8.96. The molecule has 6 nitrogen and oxygen atoms in total. The number of amides is 1. The Balaban J connectivity index is 1.68. The number of anilines is 1. The minimum absolute atomic E-state index is 0.0241. The van der Waals surface area contributed by atoms with Gasteiger partial charge in [0.05, 0.1) is 11.6 Å². The fraction of sp³-hybridized carbons (Fsp3) is 0.0800. The van der Waals surface area contributed by atoms with E-state index < -0.39 is 23.5 Å². The molecule has 33 heavy (non-hydrogen) atoms. The Labute approximate surface area is 202 Å². The van der Waals surface area contributed by atoms with Gasteiger partial charge in [-0.25, -0.2) is 0 Å². The number of aromatic nitrogens is 1. The monoisotopic (exact) mass is 522 g/mol. The van der Waals surface area contributed by atoms with Gasteiger partial charge in [-0.1, -0.05) is 39.7 Å². The Morgan fingerprint density at radius 2 is 2.00 bits per heavy atom. The van der Waals surface area contributed by atoms with E-state index in [2.05, 4.69) is 20.9 Å². The van der Waals surface area contributed by atoms with Gasteiger partial charge in [-0.05, 0) is 60.5 Å². The molecule has 0 fully saturated rings. The number of ketones is 1. The molecule has 164 valence electrons. The number of halogens is 2. The van der Waals surface area contributed by atoms with E-state index in [4.69, 9.17) is 16.0 Å². The van der Waals surface area contributed by atoms with Gasteiger partial charge in [-0.15, -0.1) is 0 Å². The van der Waals surface area contributed by atoms with Crippen LogP contribution < -0.4 is 4.90 Å². The van der Waals surface area contributed by atoms with Crippen LogP contribution in [0.4, 0.5) is 5.69 Å². The third-order valence-electron chi connectivity index (χ3n) is 5.65. The number of aliphatic hydroxyl groups excluding tert-OH is 1. The van der Waals surface area contributed by atoms with Gasteiger partial charge in [-0.3, -0.25) is 19.5 Å². The number of aliphatic hydroxyl groups is 1. The van der Waals surface area contributed by atoms with E-state index in [9.17, 15) is 14.7 Å². The number of nitrogens with zero attached hydrogens (tertiary/aromatic N) is 2. The van der Waals surface area contributed by atoms with Crippen LogP contribution in [0.1, 0.15) is 27.7 Å². The number of hydrogen-bond donors (Lipinski definition) is 1. The lowest BCUT2D eigenvalue weighted by molar-refractivity contribution is -0.117. The zero-order chi connectivity index (χ0) is 23.3. The van der Waals surface area contributed by atoms with Crippen molar-refractivity contribution in [3.05, 3.63) is 105 Å². The fourth-order valence-electron chi connectivity index (χ4n) is 4.05. The first-order valence-electron chi connectivity index (χ1n) is 10.0. The van der Waals surface area contributed by atoms with Crippen molar-refractivity contribution in [3.8, 4) is 0 Å². The zero-order valence-electron chi connectivity index (χ0n) is 17.3. The SMILES string of the molecule is Cc1c(Cl)cccc1N1C(=O)C(O)=C(C(=O)c2cc3cc(Br)ccc3o2)C1c1cccnc1. The van der Waals surface area contributed by atoms with Gasteiger partial charge in [0.25, 0.3) is 5.91 Å². The molecular formula is C25H16BrClN2O4. The summed E-state index contributed by atoms with van der Waals surface area (Å²) < 4.78 is 6.60. The van der Waals surface area contributed by atoms with Crippen LogP contribution in [0, 0.1) is 6.92 Å². The van der Waals surface area contributed by atoms with Gasteiger partial charge in [-0.2, -0.15) is 0 Å². The number of furan rings is 1. The summed E-state index contributed by atoms with van der Waals surface area (Å²) in [7, 11) is 0. The molecule has 4 aromatic rings. The highest BCUT2D eigenvalue weighted by Crippen LogP contribution is 2.44. The second-order valence-electron chi connectivity index (χ2n) is 7.63. The van der Waals surface area contributed by atoms with Crippen molar-refractivity contribution in [2.75, 3.05) is 4.90 Å². The lowest BCUT2D eigenvalue weighted by Gasteiger charge is -2.28. The van der Waals surface area contributed by atoms with E-state index >= 15 is 0 Å². The standard InChI is InChI=1S/C25H16BrClN2O4/c1-13-17(27)5-2-6-18(13)29-22(14-4-3-9-28-12-14)21(24(31)25(29)32)23(30)20-11-15-10-16(26)7-8-19(15)33-20/h2-12,22,31H,1H3. The van der Waals surface area contributed by atoms with Gasteiger partial charge in [0.2, 0.25) is 5.78 Å². The summed E-state index contributed by atoms with van der Waals surface area (Å²) in [6.07, 6.45) is 3.16. The van der Waals surface area contributed by atoms with Gasteiger partial charge in [0, 0.05) is 33.0 Å². The average molecular weight is 524 g/mol. The third-order valence-corrected chi connectivity index (χ3v) is 6.56. The molecule has 1 aliphatic rings. The van der Waals surface area contributed by atoms with Gasteiger partial charge >= 0.3 is 0 Å². The number of carbonyl (C=O) groups excluding carboxylic acids is 2. The van der Waals surface area contributed by atoms with Crippen molar-refractivity contribution in [1.29, 1.82) is 0 Å². The van der Waals surface area contributed by atoms with Crippen molar-refractivity contribution < 1.29 is 19.1 Å². The molecule has 1 unspecified atom stereocenters. The topological polar surface area (TPSA) is 83.6 Å². The second kappa shape index (κ2) is 8.17. The molecule has 0 bridgehead atoms. The van der Waals surface area contributed by atoms with Crippen molar-refractivity contribution in [2.24, 2.45) is 0 Å². The van der Waals surface area contributed by atoms with Crippen LogP contribution in [0.3, 0.4) is 0 Å². The molecule has 1 atom stereocenters. The van der Waals surface area contributed by atoms with Crippen LogP contribution in [0.15, 0.2) is 87.2 Å². The summed E-state index contributed by atoms with van der Waals surface area (Å²) >= 11 is 9.71. The highest BCUT2D eigenvalue weighted by atomic mass is 79.9. The van der Waals surface area contributed by atoms with Crippen LogP contribution in [0.5, 0.6) is 0 Å². The Kier molecular flexibility index (Phi) is 5.31. The van der Waals surface area contributed by atoms with Crippen molar-refractivity contribution >= 4 is 55.9 Å². The van der Waals surface area contributed by atoms with Crippen LogP contribution in [-0.2, 0) is 4.79 Å². The lowest BCUT2D eigenvalue weighted by atomic mass is 9.95. The summed E-state index contributed by atoms with van der Waals surface area (Å²) in [4.78, 5) is 32.4. The molecule has 1 N–H and O–H groups in total. The van der Waals surface area contributed by atoms with E-state index in [1.807, 2.05) is 6.07 Å². The maximum atomic E-state index is 13.6. The largest absolute Gasteiger partial charge is 0.503 e. The molecule has 0 spiro atoms. The summed E-state index contributed by atoms with van der Waals surface area (Å²) in [5.41, 5.74) is 2.15. The number of benzene rings is 2. The number of fused-ring (bicyclic) bond motifs is 1. The normalized spacial score (nSPS) is 16.2. The summed E-state index contributed by atoms with van der Waals surface area (Å²) in [6.45, 7) is 1.78. The van der Waals surface area contributed by atoms with Gasteiger partial charge < -0.3 is 9.52 Å². The summed E-state index contributed by atoms with van der Waals surface area (Å²) in [5.74, 6) is -1.88. The number of hydrogen-bond acceptors (Lipinski definition) is 5. The fourth-order valence-corrected chi connectivity index (χ4v) is 4.60. The molecule has 2 aromatic carbocycles. The minimum atomic E-state index is -0.907. The number of rotatable bonds is 4. The molecule has 3 heterocycles. The highest BCUT2D eigenvalue weighted by molar-refractivity contribution is 9.10. The molecule has 8 heteroatoms. The van der Waals surface area contributed by atoms with E-state index in [0.717, 1.165) is 9.86 Å². The highest BCUT2D eigenvalue weighted by Gasteiger charge is 2.46. The Bertz CT molecular complexity index is 1460. The van der Waals surface area contributed by atoms with E-state index in [1.54, 1.807) is 67.8 Å². The minimum Gasteiger partial charge on any atom is -0.503 e. The first-order valence-corrected chi connectivity index (χ1v) is 11.2. The quantitative estimate of drug-likeness (QED) is 0.316. The summed E-state index contributed by atoms with van der Waals surface area (Å²) in [5, 5.41) is 12.1. The smallest absolute Gasteiger partial charge is 0.294 e. The molecule has 0 aliphatic carbocycles. The zero-order valence-corrected chi connectivity index (χ0v) is 19.6. The van der Waals surface area contributed by atoms with Crippen LogP contribution in [0.2, 0.25) is 5.02 Å². The predicted molar refractivity (Wildman–Crippen MR) is 129 cm³/mol. The Hall–Kier alpha value is -3.42. The first kappa shape index (κ1) is 21.4. The Morgan fingerprint density at radius 3 is 2.76 bits per heavy atom. The van der Waals surface area contributed by atoms with Crippen LogP contribution in [-0.4, -0.2) is 21.8 Å². The van der Waals surface area contributed by atoms with E-state index in [1.165, 1.54) is 4.90 Å². The van der Waals surface area contributed by atoms with E-state index in [0.29, 0.717) is 27.4 Å². The predicted octanol–water partition coefficient (Wildman–Crippen LogP) is 6.34. The third kappa shape index (κ3) is 3.53. The number of carbonyl (C=O) groups is 2. The molecule has 2 aromatic heterocycles. The van der Waals surface area contributed by atoms with Crippen LogP contribution in [0.25, 0.3) is 11.0 Å². The average Bonchev–Trinajstić information content (AvgIpc) is 3.34. The van der Waals surface area contributed by atoms with E-state index in [-0.39, 0.29) is 11.3 Å². The molecule has 1 aliphatic heterocycles. The summed E-state index contributed by atoms with van der Waals surface area (Å²) in [6, 6.07) is 14.7. The maximum absolute atomic E-state index is 13.6. The molecule has 0 radical (unpaired) electrons. The van der Waals surface area contributed by atoms with Gasteiger partial charge in [0.15, 0.2) is 11.5 Å².